The quantitative estimate of drug-likeness (QED) is 0.773. The van der Waals surface area contributed by atoms with E-state index in [1.54, 1.807) is 6.07 Å². The zero-order chi connectivity index (χ0) is 13.7. The first-order chi connectivity index (χ1) is 9.16. The largest absolute Gasteiger partial charge is 0.490 e. The van der Waals surface area contributed by atoms with Crippen LogP contribution < -0.4 is 10.1 Å². The van der Waals surface area contributed by atoms with Crippen LogP contribution in [0.2, 0.25) is 0 Å². The molecule has 1 saturated carbocycles. The molecule has 0 bridgehead atoms. The van der Waals surface area contributed by atoms with Gasteiger partial charge in [-0.15, -0.1) is 0 Å². The molecule has 1 fully saturated rings. The van der Waals surface area contributed by atoms with Crippen molar-refractivity contribution < 1.29 is 9.13 Å². The Morgan fingerprint density at radius 2 is 2.16 bits per heavy atom. The topological polar surface area (TPSA) is 21.3 Å². The Hall–Kier alpha value is -1.09. The molecule has 0 saturated heterocycles. The normalized spacial score (nSPS) is 14.9. The van der Waals surface area contributed by atoms with E-state index < -0.39 is 0 Å². The minimum atomic E-state index is -0.250. The van der Waals surface area contributed by atoms with Crippen molar-refractivity contribution in [2.24, 2.45) is 11.8 Å². The molecule has 0 aliphatic heterocycles. The van der Waals surface area contributed by atoms with Crippen LogP contribution in [0.25, 0.3) is 0 Å². The van der Waals surface area contributed by atoms with Crippen molar-refractivity contribution in [3.05, 3.63) is 29.6 Å². The number of hydrogen-bond donors (Lipinski definition) is 1. The third-order valence-electron chi connectivity index (χ3n) is 3.39. The average Bonchev–Trinajstić information content (AvgIpc) is 3.16. The lowest BCUT2D eigenvalue weighted by Gasteiger charge is -2.13. The Kier molecular flexibility index (Phi) is 5.20. The van der Waals surface area contributed by atoms with Crippen molar-refractivity contribution >= 4 is 0 Å². The Balaban J connectivity index is 1.89. The standard InChI is InChI=1S/C16H24FNO/c1-12(2)10-18-11-14-4-3-5-15(17)16(14)19-9-8-13-6-7-13/h3-5,12-13,18H,6-11H2,1-2H3. The zero-order valence-corrected chi connectivity index (χ0v) is 11.9. The summed E-state index contributed by atoms with van der Waals surface area (Å²) in [4.78, 5) is 0. The summed E-state index contributed by atoms with van der Waals surface area (Å²) >= 11 is 0. The summed E-state index contributed by atoms with van der Waals surface area (Å²) in [5, 5.41) is 3.33. The molecule has 1 aromatic carbocycles. The van der Waals surface area contributed by atoms with Gasteiger partial charge in [0.15, 0.2) is 11.6 Å². The number of hydrogen-bond acceptors (Lipinski definition) is 2. The van der Waals surface area contributed by atoms with Crippen LogP contribution in [-0.4, -0.2) is 13.2 Å². The summed E-state index contributed by atoms with van der Waals surface area (Å²) < 4.78 is 19.5. The molecule has 1 aromatic rings. The van der Waals surface area contributed by atoms with Gasteiger partial charge in [0.25, 0.3) is 0 Å². The molecule has 3 heteroatoms. The predicted octanol–water partition coefficient (Wildman–Crippen LogP) is 3.75. The first kappa shape index (κ1) is 14.3. The van der Waals surface area contributed by atoms with Crippen LogP contribution in [-0.2, 0) is 6.54 Å². The maximum absolute atomic E-state index is 13.8. The van der Waals surface area contributed by atoms with Gasteiger partial charge in [-0.05, 0) is 30.9 Å². The van der Waals surface area contributed by atoms with Crippen molar-refractivity contribution in [1.82, 2.24) is 5.32 Å². The summed E-state index contributed by atoms with van der Waals surface area (Å²) in [6.45, 7) is 6.53. The van der Waals surface area contributed by atoms with E-state index >= 15 is 0 Å². The fourth-order valence-corrected chi connectivity index (χ4v) is 2.08. The maximum atomic E-state index is 13.8. The molecule has 0 radical (unpaired) electrons. The minimum absolute atomic E-state index is 0.250. The number of nitrogens with one attached hydrogen (secondary N) is 1. The highest BCUT2D eigenvalue weighted by molar-refractivity contribution is 5.34. The average molecular weight is 265 g/mol. The molecular weight excluding hydrogens is 241 g/mol. The van der Waals surface area contributed by atoms with Gasteiger partial charge in [-0.3, -0.25) is 0 Å². The predicted molar refractivity (Wildman–Crippen MR) is 75.8 cm³/mol. The second-order valence-electron chi connectivity index (χ2n) is 5.83. The molecule has 1 aliphatic carbocycles. The van der Waals surface area contributed by atoms with Crippen LogP contribution in [0.1, 0.15) is 38.7 Å². The molecule has 1 aliphatic rings. The molecular formula is C16H24FNO. The summed E-state index contributed by atoms with van der Waals surface area (Å²) in [5.41, 5.74) is 0.913. The maximum Gasteiger partial charge on any atom is 0.165 e. The minimum Gasteiger partial charge on any atom is -0.490 e. The van der Waals surface area contributed by atoms with Crippen LogP contribution in [0, 0.1) is 17.7 Å². The van der Waals surface area contributed by atoms with Crippen molar-refractivity contribution in [2.75, 3.05) is 13.2 Å². The number of rotatable bonds is 8. The van der Waals surface area contributed by atoms with Crippen molar-refractivity contribution in [2.45, 2.75) is 39.7 Å². The fraction of sp³-hybridized carbons (Fsp3) is 0.625. The third kappa shape index (κ3) is 4.83. The smallest absolute Gasteiger partial charge is 0.165 e. The van der Waals surface area contributed by atoms with E-state index in [0.29, 0.717) is 24.8 Å². The lowest BCUT2D eigenvalue weighted by molar-refractivity contribution is 0.284. The van der Waals surface area contributed by atoms with E-state index in [2.05, 4.69) is 19.2 Å². The second-order valence-corrected chi connectivity index (χ2v) is 5.83. The van der Waals surface area contributed by atoms with Crippen molar-refractivity contribution in [3.63, 3.8) is 0 Å². The molecule has 0 unspecified atom stereocenters. The SMILES string of the molecule is CC(C)CNCc1cccc(F)c1OCCC1CC1. The van der Waals surface area contributed by atoms with Gasteiger partial charge >= 0.3 is 0 Å². The highest BCUT2D eigenvalue weighted by Crippen LogP contribution is 2.32. The Morgan fingerprint density at radius 1 is 1.37 bits per heavy atom. The van der Waals surface area contributed by atoms with Crippen molar-refractivity contribution in [3.8, 4) is 5.75 Å². The van der Waals surface area contributed by atoms with E-state index in [1.165, 1.54) is 18.9 Å². The first-order valence-electron chi connectivity index (χ1n) is 7.27. The molecule has 106 valence electrons. The van der Waals surface area contributed by atoms with Gasteiger partial charge in [0.1, 0.15) is 0 Å². The van der Waals surface area contributed by atoms with Gasteiger partial charge in [-0.1, -0.05) is 38.8 Å². The summed E-state index contributed by atoms with van der Waals surface area (Å²) in [5.74, 6) is 1.58. The second kappa shape index (κ2) is 6.90. The van der Waals surface area contributed by atoms with Crippen molar-refractivity contribution in [1.29, 1.82) is 0 Å². The van der Waals surface area contributed by atoms with Crippen LogP contribution in [0.4, 0.5) is 4.39 Å². The van der Waals surface area contributed by atoms with Crippen LogP contribution in [0.3, 0.4) is 0 Å². The molecule has 0 heterocycles. The van der Waals surface area contributed by atoms with Gasteiger partial charge < -0.3 is 10.1 Å². The van der Waals surface area contributed by atoms with E-state index in [0.717, 1.165) is 24.4 Å². The molecule has 0 amide bonds. The van der Waals surface area contributed by atoms with Crippen LogP contribution in [0.15, 0.2) is 18.2 Å². The lowest BCUT2D eigenvalue weighted by Crippen LogP contribution is -2.19. The first-order valence-corrected chi connectivity index (χ1v) is 7.27. The molecule has 19 heavy (non-hydrogen) atoms. The van der Waals surface area contributed by atoms with Gasteiger partial charge in [0, 0.05) is 12.1 Å². The van der Waals surface area contributed by atoms with E-state index in [1.807, 2.05) is 6.07 Å². The summed E-state index contributed by atoms with van der Waals surface area (Å²) in [6, 6.07) is 5.15. The highest BCUT2D eigenvalue weighted by Gasteiger charge is 2.21. The van der Waals surface area contributed by atoms with Crippen LogP contribution in [0.5, 0.6) is 5.75 Å². The number of para-hydroxylation sites is 1. The fourth-order valence-electron chi connectivity index (χ4n) is 2.08. The Morgan fingerprint density at radius 3 is 2.84 bits per heavy atom. The highest BCUT2D eigenvalue weighted by atomic mass is 19.1. The zero-order valence-electron chi connectivity index (χ0n) is 11.9. The monoisotopic (exact) mass is 265 g/mol. The van der Waals surface area contributed by atoms with E-state index in [9.17, 15) is 4.39 Å². The van der Waals surface area contributed by atoms with Gasteiger partial charge in [-0.25, -0.2) is 4.39 Å². The van der Waals surface area contributed by atoms with Gasteiger partial charge in [0.05, 0.1) is 6.61 Å². The lowest BCUT2D eigenvalue weighted by atomic mass is 10.1. The molecule has 0 atom stereocenters. The van der Waals surface area contributed by atoms with E-state index in [-0.39, 0.29) is 5.82 Å². The number of halogens is 1. The third-order valence-corrected chi connectivity index (χ3v) is 3.39. The van der Waals surface area contributed by atoms with E-state index in [4.69, 9.17) is 4.74 Å². The molecule has 2 nitrogen and oxygen atoms in total. The molecule has 0 aromatic heterocycles. The Labute approximate surface area is 115 Å². The number of ether oxygens (including phenoxy) is 1. The van der Waals surface area contributed by atoms with Gasteiger partial charge in [-0.2, -0.15) is 0 Å². The van der Waals surface area contributed by atoms with Gasteiger partial charge in [0.2, 0.25) is 0 Å². The van der Waals surface area contributed by atoms with Crippen LogP contribution >= 0.6 is 0 Å². The summed E-state index contributed by atoms with van der Waals surface area (Å²) in [6.07, 6.45) is 3.67. The Bertz CT molecular complexity index is 402. The number of benzene rings is 1. The molecule has 0 spiro atoms. The molecule has 1 N–H and O–H groups in total. The summed E-state index contributed by atoms with van der Waals surface area (Å²) in [7, 11) is 0. The molecule has 2 rings (SSSR count).